The molecule has 3 aromatic rings. The van der Waals surface area contributed by atoms with Crippen LogP contribution in [0.15, 0.2) is 47.6 Å². The number of methoxy groups -OCH3 is 1. The Hall–Kier alpha value is -3.29. The molecular weight excluding hydrogens is 298 g/mol. The number of benzene rings is 1. The normalized spacial score (nSPS) is 10.3. The summed E-state index contributed by atoms with van der Waals surface area (Å²) < 4.78 is 9.55. The first-order chi connectivity index (χ1) is 11.3. The Morgan fingerprint density at radius 3 is 2.52 bits per heavy atom. The molecule has 0 fully saturated rings. The third-order valence-corrected chi connectivity index (χ3v) is 3.10. The van der Waals surface area contributed by atoms with Crippen molar-refractivity contribution in [2.45, 2.75) is 6.54 Å². The van der Waals surface area contributed by atoms with Crippen molar-refractivity contribution in [2.24, 2.45) is 0 Å². The average Bonchev–Trinajstić information content (AvgIpc) is 3.15. The highest BCUT2D eigenvalue weighted by Gasteiger charge is 2.08. The number of nitrogens with zero attached hydrogens (tertiary/aromatic N) is 4. The van der Waals surface area contributed by atoms with Crippen molar-refractivity contribution in [3.8, 4) is 17.4 Å². The van der Waals surface area contributed by atoms with Crippen molar-refractivity contribution >= 4 is 5.91 Å². The summed E-state index contributed by atoms with van der Waals surface area (Å²) in [5.41, 5.74) is 2.16. The number of carbonyl (C=O) groups excluding carboxylic acids is 1. The molecule has 1 aromatic carbocycles. The molecule has 116 valence electrons. The van der Waals surface area contributed by atoms with Crippen molar-refractivity contribution in [2.75, 3.05) is 7.11 Å². The van der Waals surface area contributed by atoms with Crippen molar-refractivity contribution in [1.82, 2.24) is 25.4 Å². The van der Waals surface area contributed by atoms with Crippen molar-refractivity contribution < 1.29 is 14.1 Å². The molecular formula is C15H13N5O3. The number of amides is 1. The van der Waals surface area contributed by atoms with E-state index in [0.717, 1.165) is 11.1 Å². The van der Waals surface area contributed by atoms with E-state index < -0.39 is 0 Å². The standard InChI is InChI=1S/C15H13N5O3/c1-22-15-17-7-12(8-18-15)14(21)16-6-10-2-4-11(5-3-10)13-19-9-23-20-13/h2-5,7-9H,6H2,1H3,(H,16,21). The van der Waals surface area contributed by atoms with E-state index in [0.29, 0.717) is 17.9 Å². The van der Waals surface area contributed by atoms with Gasteiger partial charge in [0.1, 0.15) is 0 Å². The minimum atomic E-state index is -0.255. The first-order valence-corrected chi connectivity index (χ1v) is 6.76. The Morgan fingerprint density at radius 1 is 1.17 bits per heavy atom. The van der Waals surface area contributed by atoms with Gasteiger partial charge in [0.2, 0.25) is 12.2 Å². The lowest BCUT2D eigenvalue weighted by atomic mass is 10.1. The van der Waals surface area contributed by atoms with E-state index in [-0.39, 0.29) is 11.9 Å². The van der Waals surface area contributed by atoms with Crippen LogP contribution in [-0.2, 0) is 6.54 Å². The van der Waals surface area contributed by atoms with Crippen LogP contribution in [0.4, 0.5) is 0 Å². The Bertz CT molecular complexity index is 770. The molecule has 8 heteroatoms. The second kappa shape index (κ2) is 6.65. The first-order valence-electron chi connectivity index (χ1n) is 6.76. The summed E-state index contributed by atoms with van der Waals surface area (Å²) in [7, 11) is 1.47. The maximum atomic E-state index is 12.0. The minimum absolute atomic E-state index is 0.221. The zero-order valence-electron chi connectivity index (χ0n) is 12.3. The van der Waals surface area contributed by atoms with Gasteiger partial charge in [0.15, 0.2) is 0 Å². The zero-order chi connectivity index (χ0) is 16.1. The highest BCUT2D eigenvalue weighted by atomic mass is 16.5. The molecule has 0 aliphatic heterocycles. The fourth-order valence-electron chi connectivity index (χ4n) is 1.89. The number of nitrogens with one attached hydrogen (secondary N) is 1. The van der Waals surface area contributed by atoms with Crippen LogP contribution in [0.5, 0.6) is 6.01 Å². The van der Waals surface area contributed by atoms with Gasteiger partial charge in [-0.1, -0.05) is 29.4 Å². The zero-order valence-corrected chi connectivity index (χ0v) is 12.3. The molecule has 0 unspecified atom stereocenters. The molecule has 23 heavy (non-hydrogen) atoms. The van der Waals surface area contributed by atoms with Gasteiger partial charge in [0.25, 0.3) is 5.91 Å². The van der Waals surface area contributed by atoms with Crippen molar-refractivity contribution in [1.29, 1.82) is 0 Å². The van der Waals surface area contributed by atoms with Gasteiger partial charge >= 0.3 is 6.01 Å². The summed E-state index contributed by atoms with van der Waals surface area (Å²) in [5.74, 6) is 0.269. The van der Waals surface area contributed by atoms with Crippen molar-refractivity contribution in [3.63, 3.8) is 0 Å². The molecule has 0 spiro atoms. The smallest absolute Gasteiger partial charge is 0.316 e. The topological polar surface area (TPSA) is 103 Å². The molecule has 2 aromatic heterocycles. The monoisotopic (exact) mass is 311 g/mol. The van der Waals surface area contributed by atoms with Crippen LogP contribution in [0.25, 0.3) is 11.4 Å². The third kappa shape index (κ3) is 3.49. The molecule has 0 aliphatic rings. The van der Waals surface area contributed by atoms with Gasteiger partial charge in [0.05, 0.1) is 12.7 Å². The van der Waals surface area contributed by atoms with Crippen LogP contribution in [0.3, 0.4) is 0 Å². The van der Waals surface area contributed by atoms with Gasteiger partial charge < -0.3 is 14.6 Å². The lowest BCUT2D eigenvalue weighted by Gasteiger charge is -2.06. The highest BCUT2D eigenvalue weighted by Crippen LogP contribution is 2.15. The Balaban J connectivity index is 1.60. The Morgan fingerprint density at radius 2 is 1.91 bits per heavy atom. The van der Waals surface area contributed by atoms with Crippen LogP contribution >= 0.6 is 0 Å². The van der Waals surface area contributed by atoms with Gasteiger partial charge in [-0.3, -0.25) is 4.79 Å². The Kier molecular flexibility index (Phi) is 4.23. The summed E-state index contributed by atoms with van der Waals surface area (Å²) >= 11 is 0. The van der Waals surface area contributed by atoms with Gasteiger partial charge in [-0.05, 0) is 5.56 Å². The molecule has 8 nitrogen and oxygen atoms in total. The van der Waals surface area contributed by atoms with E-state index in [4.69, 9.17) is 9.26 Å². The Labute approximate surface area is 131 Å². The number of carbonyl (C=O) groups is 1. The number of hydrogen-bond donors (Lipinski definition) is 1. The summed E-state index contributed by atoms with van der Waals surface area (Å²) in [5, 5.41) is 6.56. The molecule has 0 bridgehead atoms. The molecule has 0 aliphatic carbocycles. The second-order valence-corrected chi connectivity index (χ2v) is 4.59. The van der Waals surface area contributed by atoms with Crippen LogP contribution in [0, 0.1) is 0 Å². The molecule has 1 N–H and O–H groups in total. The molecule has 0 radical (unpaired) electrons. The summed E-state index contributed by atoms with van der Waals surface area (Å²) in [4.78, 5) is 23.8. The molecule has 0 atom stereocenters. The number of hydrogen-bond acceptors (Lipinski definition) is 7. The summed E-state index contributed by atoms with van der Waals surface area (Å²) in [6, 6.07) is 7.72. The van der Waals surface area contributed by atoms with Crippen LogP contribution in [-0.4, -0.2) is 33.1 Å². The summed E-state index contributed by atoms with van der Waals surface area (Å²) in [6.45, 7) is 0.386. The predicted octanol–water partition coefficient (Wildman–Crippen LogP) is 1.47. The highest BCUT2D eigenvalue weighted by molar-refractivity contribution is 5.93. The number of aromatic nitrogens is 4. The molecule has 1 amide bonds. The van der Waals surface area contributed by atoms with Crippen LogP contribution < -0.4 is 10.1 Å². The van der Waals surface area contributed by atoms with E-state index >= 15 is 0 Å². The summed E-state index contributed by atoms with van der Waals surface area (Å²) in [6.07, 6.45) is 4.11. The second-order valence-electron chi connectivity index (χ2n) is 4.59. The van der Waals surface area contributed by atoms with E-state index in [2.05, 4.69) is 25.4 Å². The van der Waals surface area contributed by atoms with E-state index in [9.17, 15) is 4.79 Å². The first kappa shape index (κ1) is 14.6. The molecule has 0 saturated heterocycles. The average molecular weight is 311 g/mol. The van der Waals surface area contributed by atoms with Crippen LogP contribution in [0.2, 0.25) is 0 Å². The largest absolute Gasteiger partial charge is 0.467 e. The number of rotatable bonds is 5. The van der Waals surface area contributed by atoms with Crippen molar-refractivity contribution in [3.05, 3.63) is 54.2 Å². The van der Waals surface area contributed by atoms with Gasteiger partial charge in [-0.2, -0.15) is 4.98 Å². The lowest BCUT2D eigenvalue weighted by molar-refractivity contribution is 0.0950. The third-order valence-electron chi connectivity index (χ3n) is 3.10. The van der Waals surface area contributed by atoms with E-state index in [1.807, 2.05) is 24.3 Å². The van der Waals surface area contributed by atoms with Crippen LogP contribution in [0.1, 0.15) is 15.9 Å². The lowest BCUT2D eigenvalue weighted by Crippen LogP contribution is -2.23. The molecule has 2 heterocycles. The quantitative estimate of drug-likeness (QED) is 0.761. The predicted molar refractivity (Wildman–Crippen MR) is 79.5 cm³/mol. The minimum Gasteiger partial charge on any atom is -0.467 e. The molecule has 0 saturated carbocycles. The van der Waals surface area contributed by atoms with E-state index in [1.165, 1.54) is 25.9 Å². The number of ether oxygens (including phenoxy) is 1. The van der Waals surface area contributed by atoms with Gasteiger partial charge in [-0.25, -0.2) is 9.97 Å². The SMILES string of the molecule is COc1ncc(C(=O)NCc2ccc(-c3ncon3)cc2)cn1. The van der Waals surface area contributed by atoms with Gasteiger partial charge in [-0.15, -0.1) is 0 Å². The fraction of sp³-hybridized carbons (Fsp3) is 0.133. The molecule has 3 rings (SSSR count). The van der Waals surface area contributed by atoms with Gasteiger partial charge in [0, 0.05) is 24.5 Å². The maximum Gasteiger partial charge on any atom is 0.316 e. The maximum absolute atomic E-state index is 12.0. The fourth-order valence-corrected chi connectivity index (χ4v) is 1.89. The van der Waals surface area contributed by atoms with E-state index in [1.54, 1.807) is 0 Å².